The predicted octanol–water partition coefficient (Wildman–Crippen LogP) is 4.07. The van der Waals surface area contributed by atoms with Crippen LogP contribution < -0.4 is 51.2 Å². The summed E-state index contributed by atoms with van der Waals surface area (Å²) in [7, 11) is 2.90. The van der Waals surface area contributed by atoms with Crippen LogP contribution in [0.3, 0.4) is 0 Å². The number of hydrogen-bond acceptors (Lipinski definition) is 22. The number of halogens is 1. The Balaban J connectivity index is -0.000000116. The standard InChI is InChI=1S/C22H39NO7.C16H35NO3.C15H33NO3.C4H6O2.C3H5NO.C2H6OS.CH4O.ClH.Na.H2O/c1-14(2)21(30-17(5)27)11-20(29-16(4)26)10-19(28-15(3)25)9-18(23-13-24)12-22(6,7)8;1-11(2)15(20)9-14(19)8-13(18)7-12(17-6)10-16(3,4)5;1-10(2)14(19)8-13(18)7-12(17)6-11(16)9-15(3,4)5;1-3-6-4(2)5;1-2-4-3-5;3-1-2-4;1-2;;;/h13-14,18-21H,9-12H2,1-8H3,(H,23,24);11-15,17-20H,7-10H2,1-6H3;10-14,17-19H,6-9,16H2,1-5H3;3H,1H2,2H3;2-3H,1H2,(H,4,5);3-4H,1-2H2;2H,1H3;1H;;1H2/q;;;;;;;;+1;/p-1. The minimum Gasteiger partial charge on any atom is -0.870 e. The zero-order valence-electron chi connectivity index (χ0n) is 58.8. The number of aliphatic hydroxyl groups is 8. The van der Waals surface area contributed by atoms with Crippen molar-refractivity contribution in [1.82, 2.24) is 16.0 Å². The fraction of sp³-hybridized carbons (Fsp3) is 0.841. The molecule has 0 aliphatic rings. The number of amides is 2. The first kappa shape index (κ1) is 108. The maximum atomic E-state index is 11.7. The molecule has 0 saturated carbocycles. The first-order valence-corrected chi connectivity index (χ1v) is 30.5. The van der Waals surface area contributed by atoms with E-state index in [4.69, 9.17) is 30.2 Å². The molecule has 0 radical (unpaired) electrons. The van der Waals surface area contributed by atoms with Crippen molar-refractivity contribution in [3.63, 3.8) is 0 Å². The molecule has 12 unspecified atom stereocenters. The topological polar surface area (TPSA) is 393 Å². The Morgan fingerprint density at radius 3 is 1.17 bits per heavy atom. The molecule has 0 rings (SSSR count). The van der Waals surface area contributed by atoms with Gasteiger partial charge in [0, 0.05) is 77.9 Å². The van der Waals surface area contributed by atoms with Crippen LogP contribution in [0.4, 0.5) is 0 Å². The Morgan fingerprint density at radius 2 is 0.910 bits per heavy atom. The number of ether oxygens (including phenoxy) is 4. The van der Waals surface area contributed by atoms with Gasteiger partial charge < -0.3 is 87.0 Å². The molecule has 0 aliphatic carbocycles. The van der Waals surface area contributed by atoms with Crippen molar-refractivity contribution >= 4 is 61.7 Å². The van der Waals surface area contributed by atoms with Gasteiger partial charge in [0.15, 0.2) is 0 Å². The van der Waals surface area contributed by atoms with E-state index in [0.717, 1.165) is 26.2 Å². The number of carbonyl (C=O) groups is 6. The molecule has 0 aromatic carbocycles. The van der Waals surface area contributed by atoms with E-state index in [1.807, 2.05) is 48.6 Å². The molecule has 12 atom stereocenters. The molecule has 23 nitrogen and oxygen atoms in total. The molecule has 530 valence electrons. The SMILES string of the molecule is C=CNC=O.C=COC(C)=O.CC(=O)OC(CC(CC(C)(C)C)NC=O)CC(CC(OC(C)=O)C(C)C)OC(C)=O.CC(C)C(O)CC(O)CC(O)CC(N)CC(C)(C)C.CNC(CC(O)CC(O)CC(O)C(C)C)CC(C)(C)C.CO.Cl.OCCS.[Na+].[OH-]. The van der Waals surface area contributed by atoms with Gasteiger partial charge >= 0.3 is 53.4 Å². The van der Waals surface area contributed by atoms with Gasteiger partial charge in [0.1, 0.15) is 18.3 Å². The maximum absolute atomic E-state index is 11.7. The van der Waals surface area contributed by atoms with Crippen LogP contribution in [0.2, 0.25) is 0 Å². The van der Waals surface area contributed by atoms with E-state index in [1.165, 1.54) is 33.9 Å². The van der Waals surface area contributed by atoms with Gasteiger partial charge in [-0.05, 0) is 105 Å². The van der Waals surface area contributed by atoms with Crippen molar-refractivity contribution in [2.45, 2.75) is 282 Å². The summed E-state index contributed by atoms with van der Waals surface area (Å²) >= 11 is 3.67. The summed E-state index contributed by atoms with van der Waals surface area (Å²) < 4.78 is 20.5. The van der Waals surface area contributed by atoms with E-state index in [2.05, 4.69) is 109 Å². The fourth-order valence-electron chi connectivity index (χ4n) is 8.31. The van der Waals surface area contributed by atoms with Gasteiger partial charge in [-0.2, -0.15) is 12.6 Å². The number of carbonyl (C=O) groups excluding carboxylic acids is 6. The first-order valence-electron chi connectivity index (χ1n) is 29.9. The van der Waals surface area contributed by atoms with Gasteiger partial charge in [-0.1, -0.05) is 117 Å². The summed E-state index contributed by atoms with van der Waals surface area (Å²) in [4.78, 5) is 64.8. The summed E-state index contributed by atoms with van der Waals surface area (Å²) in [6.07, 6.45) is 4.29. The molecule has 0 bridgehead atoms. The molecular weight excluding hydrogens is 1210 g/mol. The van der Waals surface area contributed by atoms with E-state index in [9.17, 15) is 59.4 Å². The van der Waals surface area contributed by atoms with Crippen molar-refractivity contribution in [3.8, 4) is 0 Å². The van der Waals surface area contributed by atoms with Crippen LogP contribution in [0.25, 0.3) is 0 Å². The quantitative estimate of drug-likeness (QED) is 0.0108. The number of nitrogens with one attached hydrogen (secondary N) is 3. The third-order valence-corrected chi connectivity index (χ3v) is 12.1. The van der Waals surface area contributed by atoms with Crippen molar-refractivity contribution < 1.29 is 124 Å². The Kier molecular flexibility index (Phi) is 78.0. The van der Waals surface area contributed by atoms with E-state index in [-0.39, 0.29) is 125 Å². The zero-order chi connectivity index (χ0) is 69.1. The van der Waals surface area contributed by atoms with Crippen molar-refractivity contribution in [2.24, 2.45) is 39.7 Å². The number of nitrogens with two attached hydrogens (primary N) is 1. The van der Waals surface area contributed by atoms with Crippen LogP contribution in [0.5, 0.6) is 0 Å². The molecular formula is C63H130ClN4NaO19S. The van der Waals surface area contributed by atoms with Crippen LogP contribution in [-0.2, 0) is 47.7 Å². The predicted molar refractivity (Wildman–Crippen MR) is 354 cm³/mol. The molecule has 14 N–H and O–H groups in total. The number of rotatable bonds is 34. The van der Waals surface area contributed by atoms with E-state index < -0.39 is 72.8 Å². The number of thiol groups is 1. The summed E-state index contributed by atoms with van der Waals surface area (Å²) in [5, 5.41) is 82.2. The molecule has 0 heterocycles. The minimum absolute atomic E-state index is 0. The third kappa shape index (κ3) is 85.5. The Hall–Kier alpha value is -2.50. The number of aliphatic hydroxyl groups excluding tert-OH is 8. The first-order chi connectivity index (χ1) is 39.4. The molecule has 89 heavy (non-hydrogen) atoms. The van der Waals surface area contributed by atoms with E-state index in [0.29, 0.717) is 69.9 Å². The molecule has 0 aromatic rings. The zero-order valence-corrected chi connectivity index (χ0v) is 62.5. The van der Waals surface area contributed by atoms with Crippen LogP contribution in [-0.4, -0.2) is 183 Å². The smallest absolute Gasteiger partial charge is 0.870 e. The van der Waals surface area contributed by atoms with Crippen molar-refractivity contribution in [1.29, 1.82) is 0 Å². The Morgan fingerprint density at radius 1 is 0.551 bits per heavy atom. The average molecular weight is 1340 g/mol. The van der Waals surface area contributed by atoms with Gasteiger partial charge in [0.25, 0.3) is 0 Å². The van der Waals surface area contributed by atoms with Gasteiger partial charge in [-0.15, -0.1) is 12.4 Å². The summed E-state index contributed by atoms with van der Waals surface area (Å²) in [6.45, 7) is 42.4. The third-order valence-electron chi connectivity index (χ3n) is 11.9. The molecule has 26 heteroatoms. The molecule has 0 saturated heterocycles. The van der Waals surface area contributed by atoms with E-state index in [1.54, 1.807) is 0 Å². The van der Waals surface area contributed by atoms with Gasteiger partial charge in [0.05, 0.1) is 49.5 Å². The van der Waals surface area contributed by atoms with Crippen LogP contribution in [0, 0.1) is 34.0 Å². The van der Waals surface area contributed by atoms with Crippen LogP contribution >= 0.6 is 25.0 Å². The maximum Gasteiger partial charge on any atom is 1.00 e. The van der Waals surface area contributed by atoms with E-state index >= 15 is 0 Å². The molecule has 0 aliphatic heterocycles. The fourth-order valence-corrected chi connectivity index (χ4v) is 8.31. The number of hydrogen-bond donors (Lipinski definition) is 13. The summed E-state index contributed by atoms with van der Waals surface area (Å²) in [5.74, 6) is -0.823. The summed E-state index contributed by atoms with van der Waals surface area (Å²) in [5.41, 5.74) is 6.30. The molecule has 0 aromatic heterocycles. The Bertz CT molecular complexity index is 1700. The van der Waals surface area contributed by atoms with Gasteiger partial charge in [-0.25, -0.2) is 0 Å². The van der Waals surface area contributed by atoms with Crippen LogP contribution in [0.15, 0.2) is 25.6 Å². The second kappa shape index (κ2) is 64.2. The molecule has 0 fully saturated rings. The monoisotopic (exact) mass is 1340 g/mol. The minimum atomic E-state index is -0.672. The van der Waals surface area contributed by atoms with Crippen molar-refractivity contribution in [2.75, 3.05) is 26.5 Å². The summed E-state index contributed by atoms with van der Waals surface area (Å²) in [6, 6.07) is -0.0244. The molecule has 2 amide bonds. The van der Waals surface area contributed by atoms with Crippen molar-refractivity contribution in [3.05, 3.63) is 25.6 Å². The average Bonchev–Trinajstić information content (AvgIpc) is 3.34. The van der Waals surface area contributed by atoms with Gasteiger partial charge in [0.2, 0.25) is 12.8 Å². The van der Waals surface area contributed by atoms with Gasteiger partial charge in [-0.3, -0.25) is 28.8 Å². The second-order valence-electron chi connectivity index (χ2n) is 25.9. The number of esters is 4. The normalized spacial score (nSPS) is 14.8. The van der Waals surface area contributed by atoms with Crippen LogP contribution in [0.1, 0.15) is 209 Å². The Labute approximate surface area is 571 Å². The molecule has 0 spiro atoms. The second-order valence-corrected chi connectivity index (χ2v) is 26.4. The largest absolute Gasteiger partial charge is 1.00 e.